The van der Waals surface area contributed by atoms with Gasteiger partial charge in [0.2, 0.25) is 0 Å². The predicted molar refractivity (Wildman–Crippen MR) is 106 cm³/mol. The molecule has 1 unspecified atom stereocenters. The Hall–Kier alpha value is -3.06. The lowest BCUT2D eigenvalue weighted by molar-refractivity contribution is -0.343. The predicted octanol–water partition coefficient (Wildman–Crippen LogP) is 5.72. The molecule has 0 aromatic heterocycles. The van der Waals surface area contributed by atoms with Gasteiger partial charge in [0.05, 0.1) is 12.2 Å². The quantitative estimate of drug-likeness (QED) is 0.596. The van der Waals surface area contributed by atoms with Crippen LogP contribution in [0.25, 0.3) is 12.2 Å². The minimum Gasteiger partial charge on any atom is -0.426 e. The summed E-state index contributed by atoms with van der Waals surface area (Å²) in [7, 11) is 0. The molecule has 0 amide bonds. The fourth-order valence-electron chi connectivity index (χ4n) is 2.88. The average Bonchev–Trinajstić information content (AvgIpc) is 2.67. The summed E-state index contributed by atoms with van der Waals surface area (Å²) in [4.78, 5) is 12.9. The summed E-state index contributed by atoms with van der Waals surface area (Å²) < 4.78 is 55.1. The minimum absolute atomic E-state index is 0.0132. The fraction of sp³-hybridized carbons (Fsp3) is 0.261. The van der Waals surface area contributed by atoms with Crippen LogP contribution in [0.15, 0.2) is 60.0 Å². The van der Waals surface area contributed by atoms with Crippen LogP contribution in [0.3, 0.4) is 0 Å². The first kappa shape index (κ1) is 21.6. The Labute approximate surface area is 172 Å². The number of benzene rings is 2. The summed E-state index contributed by atoms with van der Waals surface area (Å²) in [6.45, 7) is 5.48. The summed E-state index contributed by atoms with van der Waals surface area (Å²) in [5.74, 6) is -2.15. The van der Waals surface area contributed by atoms with E-state index in [9.17, 15) is 18.0 Å². The molecule has 1 heterocycles. The zero-order valence-electron chi connectivity index (χ0n) is 16.7. The summed E-state index contributed by atoms with van der Waals surface area (Å²) >= 11 is 0. The lowest BCUT2D eigenvalue weighted by Crippen LogP contribution is -2.42. The Morgan fingerprint density at radius 2 is 1.40 bits per heavy atom. The van der Waals surface area contributed by atoms with Crippen molar-refractivity contribution in [2.75, 3.05) is 6.61 Å². The van der Waals surface area contributed by atoms with Crippen LogP contribution in [0.4, 0.5) is 13.2 Å². The van der Waals surface area contributed by atoms with Crippen molar-refractivity contribution < 1.29 is 32.2 Å². The highest BCUT2D eigenvalue weighted by atomic mass is 19.4. The highest BCUT2D eigenvalue weighted by molar-refractivity contribution is 6.11. The van der Waals surface area contributed by atoms with Gasteiger partial charge in [-0.2, -0.15) is 13.2 Å². The third kappa shape index (κ3) is 5.10. The van der Waals surface area contributed by atoms with Crippen molar-refractivity contribution in [1.29, 1.82) is 0 Å². The molecule has 1 saturated heterocycles. The van der Waals surface area contributed by atoms with Gasteiger partial charge >= 0.3 is 12.1 Å². The first-order chi connectivity index (χ1) is 14.1. The van der Waals surface area contributed by atoms with Crippen LogP contribution in [0.5, 0.6) is 0 Å². The number of carbonyl (C=O) groups excluding carboxylic acids is 1. The van der Waals surface area contributed by atoms with Gasteiger partial charge in [-0.3, -0.25) is 4.79 Å². The third-order valence-corrected chi connectivity index (χ3v) is 4.36. The van der Waals surface area contributed by atoms with E-state index in [1.807, 2.05) is 31.2 Å². The first-order valence-corrected chi connectivity index (χ1v) is 9.33. The lowest BCUT2D eigenvalue weighted by Gasteiger charge is -2.35. The second-order valence-electron chi connectivity index (χ2n) is 6.88. The smallest absolute Gasteiger partial charge is 0.416 e. The van der Waals surface area contributed by atoms with Crippen LogP contribution in [0.2, 0.25) is 0 Å². The Morgan fingerprint density at radius 1 is 0.933 bits per heavy atom. The number of alkyl halides is 3. The summed E-state index contributed by atoms with van der Waals surface area (Å²) in [5.41, 5.74) is 1.42. The largest absolute Gasteiger partial charge is 0.426 e. The molecule has 158 valence electrons. The molecule has 0 spiro atoms. The number of aryl methyl sites for hydroxylation is 1. The lowest BCUT2D eigenvalue weighted by atomic mass is 10.1. The van der Waals surface area contributed by atoms with E-state index >= 15 is 0 Å². The molecule has 2 aromatic rings. The number of ether oxygens (including phenoxy) is 3. The monoisotopic (exact) mass is 418 g/mol. The van der Waals surface area contributed by atoms with Crippen LogP contribution in [0.1, 0.15) is 36.1 Å². The Morgan fingerprint density at radius 3 is 1.83 bits per heavy atom. The van der Waals surface area contributed by atoms with Crippen molar-refractivity contribution in [2.24, 2.45) is 0 Å². The van der Waals surface area contributed by atoms with Gasteiger partial charge in [-0.15, -0.1) is 0 Å². The van der Waals surface area contributed by atoms with Gasteiger partial charge in [-0.1, -0.05) is 42.0 Å². The molecule has 30 heavy (non-hydrogen) atoms. The molecule has 1 aliphatic rings. The zero-order valence-corrected chi connectivity index (χ0v) is 16.7. The van der Waals surface area contributed by atoms with Gasteiger partial charge in [-0.25, -0.2) is 0 Å². The second kappa shape index (κ2) is 8.36. The number of rotatable bonds is 4. The van der Waals surface area contributed by atoms with Crippen LogP contribution < -0.4 is 0 Å². The SMILES string of the molecule is CCOC1(C)O/C(=C\c2ccc(C)cc2)C(=O)/C(=C/c2ccc(C(F)(F)F)cc2)O1. The van der Waals surface area contributed by atoms with Gasteiger partial charge in [0.15, 0.2) is 11.5 Å². The molecule has 7 heteroatoms. The second-order valence-corrected chi connectivity index (χ2v) is 6.88. The highest BCUT2D eigenvalue weighted by Gasteiger charge is 2.41. The van der Waals surface area contributed by atoms with Gasteiger partial charge in [-0.05, 0) is 49.3 Å². The number of hydrogen-bond donors (Lipinski definition) is 0. The van der Waals surface area contributed by atoms with Crippen LogP contribution in [-0.4, -0.2) is 18.4 Å². The van der Waals surface area contributed by atoms with Crippen molar-refractivity contribution in [3.63, 3.8) is 0 Å². The van der Waals surface area contributed by atoms with Crippen LogP contribution in [-0.2, 0) is 25.2 Å². The van der Waals surface area contributed by atoms with Crippen molar-refractivity contribution in [2.45, 2.75) is 32.9 Å². The van der Waals surface area contributed by atoms with Crippen molar-refractivity contribution >= 4 is 17.9 Å². The van der Waals surface area contributed by atoms with E-state index in [1.165, 1.54) is 25.1 Å². The Bertz CT molecular complexity index is 973. The summed E-state index contributed by atoms with van der Waals surface area (Å²) in [5, 5.41) is 0. The molecule has 4 nitrogen and oxygen atoms in total. The Balaban J connectivity index is 1.97. The number of Topliss-reactive ketones (excluding diaryl/α,β-unsaturated/α-hetero) is 1. The van der Waals surface area contributed by atoms with Gasteiger partial charge in [0, 0.05) is 6.92 Å². The number of carbonyl (C=O) groups is 1. The van der Waals surface area contributed by atoms with E-state index in [-0.39, 0.29) is 18.1 Å². The molecular formula is C23H21F3O4. The number of ketones is 1. The maximum absolute atomic E-state index is 12.9. The van der Waals surface area contributed by atoms with Gasteiger partial charge < -0.3 is 14.2 Å². The maximum atomic E-state index is 12.9. The Kier molecular flexibility index (Phi) is 6.03. The van der Waals surface area contributed by atoms with Crippen molar-refractivity contribution in [3.05, 3.63) is 82.3 Å². The molecule has 2 aromatic carbocycles. The molecule has 3 rings (SSSR count). The zero-order chi connectivity index (χ0) is 21.9. The normalized spacial score (nSPS) is 22.1. The third-order valence-electron chi connectivity index (χ3n) is 4.36. The van der Waals surface area contributed by atoms with Crippen LogP contribution >= 0.6 is 0 Å². The summed E-state index contributed by atoms with van der Waals surface area (Å²) in [6.07, 6.45) is -1.50. The van der Waals surface area contributed by atoms with Gasteiger partial charge in [0.1, 0.15) is 0 Å². The average molecular weight is 418 g/mol. The maximum Gasteiger partial charge on any atom is 0.416 e. The molecule has 1 fully saturated rings. The number of halogens is 3. The molecule has 1 aliphatic heterocycles. The topological polar surface area (TPSA) is 44.8 Å². The molecule has 0 bridgehead atoms. The van der Waals surface area contributed by atoms with Gasteiger partial charge in [0.25, 0.3) is 5.78 Å². The number of hydrogen-bond acceptors (Lipinski definition) is 4. The molecule has 1 atom stereocenters. The highest BCUT2D eigenvalue weighted by Crippen LogP contribution is 2.33. The molecule has 0 saturated carbocycles. The minimum atomic E-state index is -4.44. The summed E-state index contributed by atoms with van der Waals surface area (Å²) in [6, 6.07) is 11.9. The fourth-order valence-corrected chi connectivity index (χ4v) is 2.88. The molecule has 0 radical (unpaired) electrons. The van der Waals surface area contributed by atoms with E-state index in [0.29, 0.717) is 5.56 Å². The van der Waals surface area contributed by atoms with Crippen molar-refractivity contribution in [1.82, 2.24) is 0 Å². The van der Waals surface area contributed by atoms with Crippen molar-refractivity contribution in [3.8, 4) is 0 Å². The molecule has 0 aliphatic carbocycles. The van der Waals surface area contributed by atoms with E-state index in [4.69, 9.17) is 14.2 Å². The molecular weight excluding hydrogens is 397 g/mol. The van der Waals surface area contributed by atoms with Crippen LogP contribution in [0, 0.1) is 6.92 Å². The van der Waals surface area contributed by atoms with E-state index < -0.39 is 23.5 Å². The van der Waals surface area contributed by atoms with E-state index in [1.54, 1.807) is 13.0 Å². The molecule has 0 N–H and O–H groups in total. The standard InChI is InChI=1S/C23H21F3O4/c1-4-28-22(3)29-19(13-16-7-5-15(2)6-8-16)21(27)20(30-22)14-17-9-11-18(12-10-17)23(24,25)26/h5-14H,4H2,1-3H3/b19-13-,20-14-. The van der Waals surface area contributed by atoms with E-state index in [2.05, 4.69) is 0 Å². The van der Waals surface area contributed by atoms with E-state index in [0.717, 1.165) is 23.3 Å². The first-order valence-electron chi connectivity index (χ1n) is 9.33.